The summed E-state index contributed by atoms with van der Waals surface area (Å²) < 4.78 is 5.40. The predicted molar refractivity (Wildman–Crippen MR) is 87.9 cm³/mol. The number of amides is 1. The van der Waals surface area contributed by atoms with Crippen LogP contribution in [0.3, 0.4) is 0 Å². The van der Waals surface area contributed by atoms with E-state index in [1.165, 1.54) is 0 Å². The van der Waals surface area contributed by atoms with Crippen LogP contribution in [-0.4, -0.2) is 12.5 Å². The molecule has 3 heteroatoms. The fraction of sp³-hybridized carbons (Fsp3) is 0.105. The number of para-hydroxylation sites is 1. The molecule has 0 aliphatic carbocycles. The Balaban J connectivity index is 1.93. The number of carbonyl (C=O) groups is 1. The number of nitrogens with zero attached hydrogens (tertiary/aromatic N) is 1. The van der Waals surface area contributed by atoms with E-state index in [2.05, 4.69) is 0 Å². The number of furan rings is 1. The molecule has 0 unspecified atom stereocenters. The molecule has 0 aliphatic heterocycles. The highest BCUT2D eigenvalue weighted by molar-refractivity contribution is 6.06. The molecule has 0 saturated heterocycles. The van der Waals surface area contributed by atoms with Gasteiger partial charge in [-0.2, -0.15) is 0 Å². The van der Waals surface area contributed by atoms with Crippen molar-refractivity contribution in [2.45, 2.75) is 6.92 Å². The molecule has 2 aromatic carbocycles. The van der Waals surface area contributed by atoms with Crippen LogP contribution in [0.5, 0.6) is 0 Å². The summed E-state index contributed by atoms with van der Waals surface area (Å²) in [5.41, 5.74) is 2.46. The molecule has 0 fully saturated rings. The highest BCUT2D eigenvalue weighted by atomic mass is 16.3. The Hall–Kier alpha value is -2.81. The topological polar surface area (TPSA) is 33.5 Å². The van der Waals surface area contributed by atoms with Crippen molar-refractivity contribution in [3.8, 4) is 11.3 Å². The van der Waals surface area contributed by atoms with Gasteiger partial charge in [-0.25, -0.2) is 0 Å². The van der Waals surface area contributed by atoms with Crippen molar-refractivity contribution in [2.75, 3.05) is 11.4 Å². The molecule has 110 valence electrons. The Labute approximate surface area is 129 Å². The second kappa shape index (κ2) is 6.31. The Morgan fingerprint density at radius 3 is 2.50 bits per heavy atom. The van der Waals surface area contributed by atoms with E-state index >= 15 is 0 Å². The summed E-state index contributed by atoms with van der Waals surface area (Å²) in [6.07, 6.45) is 1.63. The van der Waals surface area contributed by atoms with Crippen LogP contribution in [0.15, 0.2) is 77.4 Å². The third-order valence-electron chi connectivity index (χ3n) is 3.54. The van der Waals surface area contributed by atoms with E-state index in [4.69, 9.17) is 4.42 Å². The van der Waals surface area contributed by atoms with Gasteiger partial charge in [0, 0.05) is 23.4 Å². The summed E-state index contributed by atoms with van der Waals surface area (Å²) in [5, 5.41) is 0. The Morgan fingerprint density at radius 2 is 1.82 bits per heavy atom. The van der Waals surface area contributed by atoms with Crippen molar-refractivity contribution >= 4 is 11.6 Å². The molecule has 1 aromatic heterocycles. The van der Waals surface area contributed by atoms with Crippen molar-refractivity contribution in [3.63, 3.8) is 0 Å². The molecule has 0 N–H and O–H groups in total. The Bertz CT molecular complexity index is 748. The Kier molecular flexibility index (Phi) is 4.05. The maximum atomic E-state index is 12.8. The fourth-order valence-electron chi connectivity index (χ4n) is 2.46. The molecule has 0 atom stereocenters. The SMILES string of the molecule is CCN(C(=O)c1cccc(-c2ccco2)c1)c1ccccc1. The molecule has 0 spiro atoms. The van der Waals surface area contributed by atoms with Crippen LogP contribution in [0.2, 0.25) is 0 Å². The molecule has 3 aromatic rings. The smallest absolute Gasteiger partial charge is 0.258 e. The van der Waals surface area contributed by atoms with Crippen molar-refractivity contribution in [2.24, 2.45) is 0 Å². The molecule has 3 nitrogen and oxygen atoms in total. The van der Waals surface area contributed by atoms with Crippen molar-refractivity contribution in [3.05, 3.63) is 78.6 Å². The van der Waals surface area contributed by atoms with Gasteiger partial charge in [0.1, 0.15) is 5.76 Å². The van der Waals surface area contributed by atoms with Gasteiger partial charge in [0.25, 0.3) is 5.91 Å². The standard InChI is InChI=1S/C19H17NO2/c1-2-20(17-10-4-3-5-11-17)19(21)16-9-6-8-15(14-16)18-12-7-13-22-18/h3-14H,2H2,1H3. The first-order valence-corrected chi connectivity index (χ1v) is 7.30. The molecular weight excluding hydrogens is 274 g/mol. The van der Waals surface area contributed by atoms with E-state index < -0.39 is 0 Å². The molecule has 22 heavy (non-hydrogen) atoms. The van der Waals surface area contributed by atoms with Gasteiger partial charge >= 0.3 is 0 Å². The quantitative estimate of drug-likeness (QED) is 0.703. The number of hydrogen-bond acceptors (Lipinski definition) is 2. The summed E-state index contributed by atoms with van der Waals surface area (Å²) in [4.78, 5) is 14.6. The maximum absolute atomic E-state index is 12.8. The van der Waals surface area contributed by atoms with E-state index in [9.17, 15) is 4.79 Å². The highest BCUT2D eigenvalue weighted by Crippen LogP contribution is 2.23. The first-order valence-electron chi connectivity index (χ1n) is 7.30. The normalized spacial score (nSPS) is 10.4. The third kappa shape index (κ3) is 2.79. The van der Waals surface area contributed by atoms with Gasteiger partial charge in [-0.1, -0.05) is 30.3 Å². The lowest BCUT2D eigenvalue weighted by atomic mass is 10.1. The maximum Gasteiger partial charge on any atom is 0.258 e. The first kappa shape index (κ1) is 14.1. The average molecular weight is 291 g/mol. The summed E-state index contributed by atoms with van der Waals surface area (Å²) in [6, 6.07) is 20.9. The number of rotatable bonds is 4. The van der Waals surface area contributed by atoms with Gasteiger partial charge in [-0.05, 0) is 43.3 Å². The molecular formula is C19H17NO2. The zero-order chi connectivity index (χ0) is 15.4. The van der Waals surface area contributed by atoms with Crippen LogP contribution in [-0.2, 0) is 0 Å². The second-order valence-electron chi connectivity index (χ2n) is 4.94. The molecule has 0 saturated carbocycles. The predicted octanol–water partition coefficient (Wildman–Crippen LogP) is 4.61. The van der Waals surface area contributed by atoms with Gasteiger partial charge in [0.05, 0.1) is 6.26 Å². The summed E-state index contributed by atoms with van der Waals surface area (Å²) in [5.74, 6) is 0.750. The van der Waals surface area contributed by atoms with E-state index in [1.54, 1.807) is 11.2 Å². The first-order chi connectivity index (χ1) is 10.8. The number of hydrogen-bond donors (Lipinski definition) is 0. The van der Waals surface area contributed by atoms with Crippen molar-refractivity contribution < 1.29 is 9.21 Å². The summed E-state index contributed by atoms with van der Waals surface area (Å²) in [7, 11) is 0. The van der Waals surface area contributed by atoms with Gasteiger partial charge in [0.15, 0.2) is 0 Å². The monoisotopic (exact) mass is 291 g/mol. The molecule has 3 rings (SSSR count). The van der Waals surface area contributed by atoms with E-state index in [-0.39, 0.29) is 5.91 Å². The van der Waals surface area contributed by atoms with Crippen LogP contribution in [0.4, 0.5) is 5.69 Å². The average Bonchev–Trinajstić information content (AvgIpc) is 3.11. The van der Waals surface area contributed by atoms with Crippen molar-refractivity contribution in [1.29, 1.82) is 0 Å². The van der Waals surface area contributed by atoms with Crippen LogP contribution in [0.1, 0.15) is 17.3 Å². The minimum absolute atomic E-state index is 0.0119. The molecule has 0 radical (unpaired) electrons. The van der Waals surface area contributed by atoms with Crippen LogP contribution in [0, 0.1) is 0 Å². The number of benzene rings is 2. The van der Waals surface area contributed by atoms with Gasteiger partial charge in [-0.3, -0.25) is 4.79 Å². The lowest BCUT2D eigenvalue weighted by molar-refractivity contribution is 0.0988. The van der Waals surface area contributed by atoms with Crippen molar-refractivity contribution in [1.82, 2.24) is 0 Å². The zero-order valence-electron chi connectivity index (χ0n) is 12.4. The summed E-state index contributed by atoms with van der Waals surface area (Å²) >= 11 is 0. The fourth-order valence-corrected chi connectivity index (χ4v) is 2.46. The Morgan fingerprint density at radius 1 is 1.00 bits per heavy atom. The van der Waals surface area contributed by atoms with Crippen LogP contribution in [0.25, 0.3) is 11.3 Å². The zero-order valence-corrected chi connectivity index (χ0v) is 12.4. The molecule has 0 aliphatic rings. The number of anilines is 1. The third-order valence-corrected chi connectivity index (χ3v) is 3.54. The molecule has 1 heterocycles. The second-order valence-corrected chi connectivity index (χ2v) is 4.94. The largest absolute Gasteiger partial charge is 0.464 e. The lowest BCUT2D eigenvalue weighted by Crippen LogP contribution is -2.30. The minimum Gasteiger partial charge on any atom is -0.464 e. The molecule has 0 bridgehead atoms. The lowest BCUT2D eigenvalue weighted by Gasteiger charge is -2.21. The van der Waals surface area contributed by atoms with Crippen LogP contribution >= 0.6 is 0 Å². The minimum atomic E-state index is -0.0119. The summed E-state index contributed by atoms with van der Waals surface area (Å²) in [6.45, 7) is 2.59. The van der Waals surface area contributed by atoms with Gasteiger partial charge in [-0.15, -0.1) is 0 Å². The van der Waals surface area contributed by atoms with Gasteiger partial charge in [0.2, 0.25) is 0 Å². The van der Waals surface area contributed by atoms with E-state index in [0.717, 1.165) is 17.0 Å². The van der Waals surface area contributed by atoms with E-state index in [1.807, 2.05) is 73.7 Å². The highest BCUT2D eigenvalue weighted by Gasteiger charge is 2.16. The number of carbonyl (C=O) groups excluding carboxylic acids is 1. The molecule has 1 amide bonds. The van der Waals surface area contributed by atoms with Crippen LogP contribution < -0.4 is 4.90 Å². The van der Waals surface area contributed by atoms with E-state index in [0.29, 0.717) is 12.1 Å². The van der Waals surface area contributed by atoms with Gasteiger partial charge < -0.3 is 9.32 Å².